The summed E-state index contributed by atoms with van der Waals surface area (Å²) in [5.41, 5.74) is 0. The van der Waals surface area contributed by atoms with Gasteiger partial charge in [0.25, 0.3) is 24.0 Å². The average Bonchev–Trinajstić information content (AvgIpc) is 2.15. The maximum Gasteiger partial charge on any atom is 0.299 e. The zero-order valence-corrected chi connectivity index (χ0v) is 8.35. The van der Waals surface area contributed by atoms with Crippen LogP contribution in [-0.4, -0.2) is 25.2 Å². The van der Waals surface area contributed by atoms with E-state index in [2.05, 4.69) is 0 Å². The average molecular weight is 292 g/mol. The van der Waals surface area contributed by atoms with Gasteiger partial charge in [-0.25, -0.2) is 8.78 Å². The predicted molar refractivity (Wildman–Crippen MR) is 42.4 cm³/mol. The molecule has 0 aliphatic heterocycles. The number of hydrogen-bond acceptors (Lipinski definition) is 0. The fraction of sp³-hybridized carbons (Fsp3) is 0.500. The van der Waals surface area contributed by atoms with Gasteiger partial charge in [-0.2, -0.15) is 35.1 Å². The van der Waals surface area contributed by atoms with Gasteiger partial charge < -0.3 is 0 Å². The molecule has 0 unspecified atom stereocenters. The molecular formula is C8H6F10. The van der Waals surface area contributed by atoms with Gasteiger partial charge >= 0.3 is 0 Å². The van der Waals surface area contributed by atoms with Crippen LogP contribution in [0.2, 0.25) is 0 Å². The molecule has 10 heteroatoms. The summed E-state index contributed by atoms with van der Waals surface area (Å²) in [6.45, 7) is -4.19. The summed E-state index contributed by atoms with van der Waals surface area (Å²) >= 11 is 0. The number of halogens is 10. The van der Waals surface area contributed by atoms with Crippen LogP contribution in [0.15, 0.2) is 24.3 Å². The molecule has 0 N–H and O–H groups in total. The minimum atomic E-state index is -4.02. The van der Waals surface area contributed by atoms with E-state index in [0.29, 0.717) is 0 Å². The lowest BCUT2D eigenvalue weighted by Gasteiger charge is -2.02. The Bertz CT molecular complexity index is 254. The first-order valence-electron chi connectivity index (χ1n) is 3.91. The van der Waals surface area contributed by atoms with Crippen LogP contribution in [0.3, 0.4) is 0 Å². The highest BCUT2D eigenvalue weighted by molar-refractivity contribution is 4.94. The Kier molecular flexibility index (Phi) is 8.48. The van der Waals surface area contributed by atoms with Gasteiger partial charge in [0.1, 0.15) is 0 Å². The molecule has 0 aromatic heterocycles. The molecular weight excluding hydrogens is 286 g/mol. The predicted octanol–water partition coefficient (Wildman–Crippen LogP) is 4.74. The minimum Gasteiger partial charge on any atom is -0.244 e. The Labute approximate surface area is 94.6 Å². The van der Waals surface area contributed by atoms with Crippen molar-refractivity contribution in [1.82, 2.24) is 0 Å². The maximum atomic E-state index is 11.5. The quantitative estimate of drug-likeness (QED) is 0.656. The van der Waals surface area contributed by atoms with E-state index in [9.17, 15) is 43.9 Å². The summed E-state index contributed by atoms with van der Waals surface area (Å²) in [7, 11) is 0. The SMILES string of the molecule is FCC(F)(F)C=C(F)F.FCC(F)(F)C=C(F)F. The smallest absolute Gasteiger partial charge is 0.244 e. The fourth-order valence-electron chi connectivity index (χ4n) is 0.396. The normalized spacial score (nSPS) is 11.2. The zero-order valence-electron chi connectivity index (χ0n) is 8.35. The summed E-state index contributed by atoms with van der Waals surface area (Å²) in [5, 5.41) is 0. The number of hydrogen-bond donors (Lipinski definition) is 0. The van der Waals surface area contributed by atoms with Gasteiger partial charge in [-0.3, -0.25) is 0 Å². The van der Waals surface area contributed by atoms with E-state index < -0.39 is 49.5 Å². The van der Waals surface area contributed by atoms with Crippen LogP contribution in [0, 0.1) is 0 Å². The van der Waals surface area contributed by atoms with Gasteiger partial charge in [-0.15, -0.1) is 0 Å². The second-order valence-corrected chi connectivity index (χ2v) is 2.66. The zero-order chi connectivity index (χ0) is 15.0. The Balaban J connectivity index is 0. The van der Waals surface area contributed by atoms with Crippen LogP contribution in [-0.2, 0) is 0 Å². The van der Waals surface area contributed by atoms with E-state index in [1.807, 2.05) is 0 Å². The van der Waals surface area contributed by atoms with Crippen molar-refractivity contribution in [3.05, 3.63) is 24.3 Å². The summed E-state index contributed by atoms with van der Waals surface area (Å²) in [6, 6.07) is 0. The molecule has 0 rings (SSSR count). The van der Waals surface area contributed by atoms with Crippen molar-refractivity contribution in [1.29, 1.82) is 0 Å². The molecule has 0 aliphatic carbocycles. The van der Waals surface area contributed by atoms with Gasteiger partial charge in [0, 0.05) is 0 Å². The molecule has 0 aromatic carbocycles. The molecule has 0 bridgehead atoms. The molecule has 0 saturated heterocycles. The van der Waals surface area contributed by atoms with Crippen LogP contribution in [0.4, 0.5) is 43.9 Å². The maximum absolute atomic E-state index is 11.5. The first kappa shape index (κ1) is 19.1. The number of alkyl halides is 6. The Hall–Kier alpha value is -1.22. The number of allylic oxidation sites excluding steroid dienone is 2. The van der Waals surface area contributed by atoms with Crippen molar-refractivity contribution < 1.29 is 43.9 Å². The summed E-state index contributed by atoms with van der Waals surface area (Å²) in [6.07, 6.45) is -6.57. The molecule has 108 valence electrons. The van der Waals surface area contributed by atoms with Crippen molar-refractivity contribution in [2.75, 3.05) is 13.3 Å². The van der Waals surface area contributed by atoms with Gasteiger partial charge in [0.15, 0.2) is 13.3 Å². The third-order valence-electron chi connectivity index (χ3n) is 0.997. The lowest BCUT2D eigenvalue weighted by atomic mass is 10.4. The fourth-order valence-corrected chi connectivity index (χ4v) is 0.396. The second-order valence-electron chi connectivity index (χ2n) is 2.66. The van der Waals surface area contributed by atoms with E-state index in [0.717, 1.165) is 0 Å². The summed E-state index contributed by atoms with van der Waals surface area (Å²) in [4.78, 5) is 0. The molecule has 0 spiro atoms. The first-order valence-corrected chi connectivity index (χ1v) is 3.91. The Morgan fingerprint density at radius 2 is 0.889 bits per heavy atom. The molecule has 0 aromatic rings. The minimum absolute atomic E-state index is 0.715. The molecule has 0 heterocycles. The highest BCUT2D eigenvalue weighted by atomic mass is 19.3. The van der Waals surface area contributed by atoms with Crippen molar-refractivity contribution in [2.24, 2.45) is 0 Å². The monoisotopic (exact) mass is 292 g/mol. The molecule has 18 heavy (non-hydrogen) atoms. The van der Waals surface area contributed by atoms with Crippen LogP contribution in [0.1, 0.15) is 0 Å². The molecule has 0 saturated carbocycles. The van der Waals surface area contributed by atoms with Crippen molar-refractivity contribution in [3.63, 3.8) is 0 Å². The summed E-state index contributed by atoms with van der Waals surface area (Å²) < 4.78 is 112. The molecule has 0 radical (unpaired) electrons. The van der Waals surface area contributed by atoms with Crippen LogP contribution in [0.5, 0.6) is 0 Å². The van der Waals surface area contributed by atoms with Crippen molar-refractivity contribution in [3.8, 4) is 0 Å². The van der Waals surface area contributed by atoms with Crippen molar-refractivity contribution >= 4 is 0 Å². The van der Waals surface area contributed by atoms with Crippen molar-refractivity contribution in [2.45, 2.75) is 11.8 Å². The lowest BCUT2D eigenvalue weighted by molar-refractivity contribution is 0.0232. The van der Waals surface area contributed by atoms with Gasteiger partial charge in [-0.1, -0.05) is 0 Å². The third-order valence-corrected chi connectivity index (χ3v) is 0.997. The van der Waals surface area contributed by atoms with Crippen LogP contribution >= 0.6 is 0 Å². The molecule has 0 aliphatic rings. The topological polar surface area (TPSA) is 0 Å². The summed E-state index contributed by atoms with van der Waals surface area (Å²) in [5.74, 6) is -8.03. The van der Waals surface area contributed by atoms with E-state index in [4.69, 9.17) is 0 Å². The van der Waals surface area contributed by atoms with E-state index in [-0.39, 0.29) is 0 Å². The van der Waals surface area contributed by atoms with Gasteiger partial charge in [0.2, 0.25) is 0 Å². The highest BCUT2D eigenvalue weighted by Gasteiger charge is 2.27. The highest BCUT2D eigenvalue weighted by Crippen LogP contribution is 2.19. The number of rotatable bonds is 4. The molecule has 0 fully saturated rings. The second kappa shape index (κ2) is 7.98. The molecule has 0 amide bonds. The van der Waals surface area contributed by atoms with E-state index >= 15 is 0 Å². The molecule has 0 atom stereocenters. The van der Waals surface area contributed by atoms with Gasteiger partial charge in [-0.05, 0) is 0 Å². The molecule has 0 nitrogen and oxygen atoms in total. The third kappa shape index (κ3) is 12.8. The Morgan fingerprint density at radius 3 is 0.944 bits per heavy atom. The van der Waals surface area contributed by atoms with E-state index in [1.54, 1.807) is 0 Å². The van der Waals surface area contributed by atoms with Crippen LogP contribution < -0.4 is 0 Å². The lowest BCUT2D eigenvalue weighted by Crippen LogP contribution is -2.14. The Morgan fingerprint density at radius 1 is 0.667 bits per heavy atom. The van der Waals surface area contributed by atoms with Crippen LogP contribution in [0.25, 0.3) is 0 Å². The largest absolute Gasteiger partial charge is 0.299 e. The van der Waals surface area contributed by atoms with Gasteiger partial charge in [0.05, 0.1) is 12.2 Å². The van der Waals surface area contributed by atoms with E-state index in [1.165, 1.54) is 0 Å². The first-order chi connectivity index (χ1) is 7.95. The standard InChI is InChI=1S/2C4H3F5/c2*5-2-4(8,9)1-3(6)7/h2*1H,2H2.